The zero-order valence-corrected chi connectivity index (χ0v) is 21.7. The maximum absolute atomic E-state index is 13.9. The molecule has 0 bridgehead atoms. The largest absolute Gasteiger partial charge is 0.496 e. The fraction of sp³-hybridized carbons (Fsp3) is 0.250. The van der Waals surface area contributed by atoms with Crippen molar-refractivity contribution in [3.63, 3.8) is 0 Å². The van der Waals surface area contributed by atoms with Crippen molar-refractivity contribution in [1.82, 2.24) is 9.55 Å². The summed E-state index contributed by atoms with van der Waals surface area (Å²) in [7, 11) is 1.63. The number of ether oxygens (including phenoxy) is 2. The van der Waals surface area contributed by atoms with Crippen LogP contribution in [-0.4, -0.2) is 29.2 Å². The molecule has 0 amide bonds. The van der Waals surface area contributed by atoms with E-state index in [1.54, 1.807) is 25.5 Å². The normalized spacial score (nSPS) is 15.7. The van der Waals surface area contributed by atoms with E-state index in [0.717, 1.165) is 39.0 Å². The molecule has 0 unspecified atom stereocenters. The molecule has 7 nitrogen and oxygen atoms in total. The van der Waals surface area contributed by atoms with Gasteiger partial charge in [-0.3, -0.25) is 9.36 Å². The van der Waals surface area contributed by atoms with E-state index in [-0.39, 0.29) is 12.2 Å². The van der Waals surface area contributed by atoms with Crippen LogP contribution in [-0.2, 0) is 9.53 Å². The summed E-state index contributed by atoms with van der Waals surface area (Å²) in [5.74, 6) is 0.244. The van der Waals surface area contributed by atoms with Crippen molar-refractivity contribution in [2.45, 2.75) is 33.7 Å². The van der Waals surface area contributed by atoms with Crippen LogP contribution in [0.15, 0.2) is 63.5 Å². The van der Waals surface area contributed by atoms with Crippen LogP contribution < -0.4 is 19.6 Å². The molecule has 1 aliphatic rings. The summed E-state index contributed by atoms with van der Waals surface area (Å²) in [6, 6.07) is 12.9. The first-order valence-corrected chi connectivity index (χ1v) is 12.6. The molecular formula is C28H27N3O4S. The van der Waals surface area contributed by atoms with Gasteiger partial charge in [0.1, 0.15) is 5.75 Å². The molecule has 4 aromatic rings. The fourth-order valence-corrected chi connectivity index (χ4v) is 5.87. The summed E-state index contributed by atoms with van der Waals surface area (Å²) in [4.78, 5) is 35.6. The lowest BCUT2D eigenvalue weighted by molar-refractivity contribution is -0.139. The minimum atomic E-state index is -0.688. The highest BCUT2D eigenvalue weighted by Gasteiger charge is 2.34. The van der Waals surface area contributed by atoms with E-state index in [1.807, 2.05) is 62.4 Å². The average molecular weight is 502 g/mol. The number of rotatable bonds is 5. The van der Waals surface area contributed by atoms with E-state index in [0.29, 0.717) is 20.6 Å². The lowest BCUT2D eigenvalue weighted by Crippen LogP contribution is -2.40. The highest BCUT2D eigenvalue weighted by atomic mass is 32.1. The Morgan fingerprint density at radius 2 is 1.92 bits per heavy atom. The van der Waals surface area contributed by atoms with E-state index in [1.165, 1.54) is 11.3 Å². The maximum Gasteiger partial charge on any atom is 0.338 e. The number of carbonyl (C=O) groups excluding carboxylic acids is 1. The van der Waals surface area contributed by atoms with Gasteiger partial charge in [-0.2, -0.15) is 0 Å². The molecule has 3 heterocycles. The Morgan fingerprint density at radius 1 is 1.17 bits per heavy atom. The number of fused-ring (bicyclic) bond motifs is 2. The number of esters is 1. The summed E-state index contributed by atoms with van der Waals surface area (Å²) < 4.78 is 13.2. The number of carbonyl (C=O) groups is 1. The summed E-state index contributed by atoms with van der Waals surface area (Å²) in [6.07, 6.45) is 1.88. The topological polar surface area (TPSA) is 85.7 Å². The van der Waals surface area contributed by atoms with Crippen LogP contribution in [0.3, 0.4) is 0 Å². The predicted molar refractivity (Wildman–Crippen MR) is 141 cm³/mol. The molecule has 1 aliphatic heterocycles. The number of thiazole rings is 1. The Bertz CT molecular complexity index is 1720. The zero-order valence-electron chi connectivity index (χ0n) is 20.8. The lowest BCUT2D eigenvalue weighted by atomic mass is 9.91. The third-order valence-corrected chi connectivity index (χ3v) is 7.41. The number of allylic oxidation sites excluding steroid dienone is 1. The molecule has 8 heteroatoms. The van der Waals surface area contributed by atoms with Gasteiger partial charge in [-0.25, -0.2) is 9.79 Å². The number of benzene rings is 2. The Kier molecular flexibility index (Phi) is 6.14. The molecule has 0 spiro atoms. The second-order valence-corrected chi connectivity index (χ2v) is 9.75. The summed E-state index contributed by atoms with van der Waals surface area (Å²) in [6.45, 7) is 7.74. The van der Waals surface area contributed by atoms with Gasteiger partial charge in [0.25, 0.3) is 5.56 Å². The summed E-state index contributed by atoms with van der Waals surface area (Å²) in [5, 5.41) is 1.79. The zero-order chi connectivity index (χ0) is 25.6. The van der Waals surface area contributed by atoms with Gasteiger partial charge < -0.3 is 14.5 Å². The molecule has 1 N–H and O–H groups in total. The third-order valence-electron chi connectivity index (χ3n) is 6.43. The van der Waals surface area contributed by atoms with Crippen molar-refractivity contribution in [2.75, 3.05) is 13.7 Å². The van der Waals surface area contributed by atoms with Crippen molar-refractivity contribution in [3.05, 3.63) is 95.9 Å². The molecule has 2 aromatic heterocycles. The first kappa shape index (κ1) is 23.8. The summed E-state index contributed by atoms with van der Waals surface area (Å²) >= 11 is 1.32. The fourth-order valence-electron chi connectivity index (χ4n) is 4.83. The number of H-pyrrole nitrogens is 1. The number of aromatic nitrogens is 2. The van der Waals surface area contributed by atoms with Crippen LogP contribution in [0.2, 0.25) is 0 Å². The Labute approximate surface area is 212 Å². The van der Waals surface area contributed by atoms with Crippen molar-refractivity contribution in [2.24, 2.45) is 4.99 Å². The van der Waals surface area contributed by atoms with Crippen molar-refractivity contribution in [1.29, 1.82) is 0 Å². The van der Waals surface area contributed by atoms with Gasteiger partial charge >= 0.3 is 5.97 Å². The van der Waals surface area contributed by atoms with E-state index in [9.17, 15) is 9.59 Å². The molecule has 36 heavy (non-hydrogen) atoms. The number of aromatic amines is 1. The van der Waals surface area contributed by atoms with Crippen molar-refractivity contribution < 1.29 is 14.3 Å². The van der Waals surface area contributed by atoms with E-state index >= 15 is 0 Å². The number of methoxy groups -OCH3 is 1. The molecule has 0 saturated heterocycles. The van der Waals surface area contributed by atoms with E-state index in [4.69, 9.17) is 9.47 Å². The number of nitrogens with one attached hydrogen (secondary N) is 1. The third kappa shape index (κ3) is 3.87. The summed E-state index contributed by atoms with van der Waals surface area (Å²) in [5.41, 5.74) is 4.47. The van der Waals surface area contributed by atoms with Crippen LogP contribution in [0.1, 0.15) is 42.4 Å². The quantitative estimate of drug-likeness (QED) is 0.420. The Balaban J connectivity index is 1.83. The van der Waals surface area contributed by atoms with Gasteiger partial charge in [-0.15, -0.1) is 0 Å². The van der Waals surface area contributed by atoms with Crippen LogP contribution in [0.5, 0.6) is 5.75 Å². The van der Waals surface area contributed by atoms with E-state index in [2.05, 4.69) is 9.98 Å². The number of aryl methyl sites for hydroxylation is 2. The monoisotopic (exact) mass is 501 g/mol. The molecule has 5 rings (SSSR count). The predicted octanol–water partition coefficient (Wildman–Crippen LogP) is 3.91. The first-order valence-electron chi connectivity index (χ1n) is 11.8. The van der Waals surface area contributed by atoms with Gasteiger partial charge in [0.15, 0.2) is 4.80 Å². The van der Waals surface area contributed by atoms with Crippen LogP contribution in [0, 0.1) is 13.8 Å². The van der Waals surface area contributed by atoms with Gasteiger partial charge in [0.05, 0.1) is 35.6 Å². The molecule has 2 aromatic carbocycles. The molecule has 0 saturated carbocycles. The molecule has 1 atom stereocenters. The molecule has 0 radical (unpaired) electrons. The highest BCUT2D eigenvalue weighted by Crippen LogP contribution is 2.37. The number of hydrogen-bond donors (Lipinski definition) is 1. The maximum atomic E-state index is 13.9. The number of nitrogens with zero attached hydrogens (tertiary/aromatic N) is 2. The standard InChI is InChI=1S/C28H27N3O4S/c1-6-35-27(33)24-17(4)30-28-31(26(32)23(36-28)14-18-13-15(2)29-16(18)3)25(24)21-11-12-22(34-5)20-10-8-7-9-19(20)21/h7-14,25,29H,6H2,1-5H3/b23-14-/t25-/m0/s1. The van der Waals surface area contributed by atoms with Crippen LogP contribution >= 0.6 is 11.3 Å². The number of hydrogen-bond acceptors (Lipinski definition) is 6. The minimum absolute atomic E-state index is 0.198. The Hall–Kier alpha value is -3.91. The minimum Gasteiger partial charge on any atom is -0.496 e. The molecule has 184 valence electrons. The van der Waals surface area contributed by atoms with Gasteiger partial charge in [0.2, 0.25) is 0 Å². The van der Waals surface area contributed by atoms with Crippen molar-refractivity contribution in [3.8, 4) is 5.75 Å². The van der Waals surface area contributed by atoms with Crippen LogP contribution in [0.25, 0.3) is 16.8 Å². The van der Waals surface area contributed by atoms with Gasteiger partial charge in [-0.1, -0.05) is 41.7 Å². The molecule has 0 fully saturated rings. The molecular weight excluding hydrogens is 474 g/mol. The Morgan fingerprint density at radius 3 is 2.58 bits per heavy atom. The first-order chi connectivity index (χ1) is 17.3. The average Bonchev–Trinajstić information content (AvgIpc) is 3.34. The highest BCUT2D eigenvalue weighted by molar-refractivity contribution is 7.07. The van der Waals surface area contributed by atoms with Crippen molar-refractivity contribution >= 4 is 34.2 Å². The van der Waals surface area contributed by atoms with Gasteiger partial charge in [0, 0.05) is 16.8 Å². The van der Waals surface area contributed by atoms with E-state index < -0.39 is 12.0 Å². The smallest absolute Gasteiger partial charge is 0.338 e. The second kappa shape index (κ2) is 9.28. The van der Waals surface area contributed by atoms with Crippen LogP contribution in [0.4, 0.5) is 0 Å². The second-order valence-electron chi connectivity index (χ2n) is 8.74. The lowest BCUT2D eigenvalue weighted by Gasteiger charge is -2.26. The SMILES string of the molecule is CCOC(=O)C1=C(C)N=c2s/c(=C\c3cc(C)[nH]c3C)c(=O)n2[C@H]1c1ccc(OC)c2ccccc12. The van der Waals surface area contributed by atoms with Gasteiger partial charge in [-0.05, 0) is 62.4 Å². The molecule has 0 aliphatic carbocycles.